The molecule has 35 heavy (non-hydrogen) atoms. The van der Waals surface area contributed by atoms with Gasteiger partial charge in [0.25, 0.3) is 5.56 Å². The second kappa shape index (κ2) is 11.1. The summed E-state index contributed by atoms with van der Waals surface area (Å²) in [5, 5.41) is 4.65. The maximum Gasteiger partial charge on any atom is 0.277 e. The van der Waals surface area contributed by atoms with Crippen LogP contribution in [0.25, 0.3) is 16.9 Å². The summed E-state index contributed by atoms with van der Waals surface area (Å²) >= 11 is 0. The smallest absolute Gasteiger partial charge is 0.277 e. The molecule has 1 aliphatic rings. The fourth-order valence-electron chi connectivity index (χ4n) is 4.31. The first-order chi connectivity index (χ1) is 16.3. The van der Waals surface area contributed by atoms with Crippen LogP contribution in [0.3, 0.4) is 0 Å². The number of imidazole rings is 1. The molecule has 0 bridgehead atoms. The summed E-state index contributed by atoms with van der Waals surface area (Å²) in [4.78, 5) is 22.6. The van der Waals surface area contributed by atoms with Gasteiger partial charge in [-0.15, -0.1) is 5.10 Å². The second-order valence-electron chi connectivity index (χ2n) is 8.36. The number of aryl methyl sites for hydroxylation is 2. The van der Waals surface area contributed by atoms with Crippen molar-refractivity contribution in [3.05, 3.63) is 40.1 Å². The maximum atomic E-state index is 13.4. The zero-order valence-corrected chi connectivity index (χ0v) is 22.1. The quantitative estimate of drug-likeness (QED) is 0.406. The van der Waals surface area contributed by atoms with Crippen LogP contribution in [0, 0.1) is 6.92 Å². The van der Waals surface area contributed by atoms with E-state index in [1.165, 1.54) is 4.31 Å². The van der Waals surface area contributed by atoms with Gasteiger partial charge in [0.05, 0.1) is 22.8 Å². The number of ether oxygens (including phenoxy) is 1. The SMILES string of the molecule is CCCc1nc(C)c2c(=O)[nH]c(-c3cc(S(=O)(=O)N4CCN(CC)CC4)ccc3OCC)nn12.[Cl-]. The largest absolute Gasteiger partial charge is 1.00 e. The highest BCUT2D eigenvalue weighted by Crippen LogP contribution is 2.31. The van der Waals surface area contributed by atoms with Crippen molar-refractivity contribution in [2.75, 3.05) is 39.3 Å². The number of nitrogens with one attached hydrogen (secondary N) is 1. The van der Waals surface area contributed by atoms with Gasteiger partial charge in [-0.05, 0) is 45.0 Å². The molecule has 1 aliphatic heterocycles. The average molecular weight is 524 g/mol. The normalized spacial score (nSPS) is 15.3. The van der Waals surface area contributed by atoms with Crippen molar-refractivity contribution in [3.63, 3.8) is 0 Å². The van der Waals surface area contributed by atoms with Gasteiger partial charge in [0, 0.05) is 32.6 Å². The molecular weight excluding hydrogens is 492 g/mol. The molecule has 0 atom stereocenters. The number of sulfonamides is 1. The van der Waals surface area contributed by atoms with Crippen molar-refractivity contribution >= 4 is 15.5 Å². The predicted molar refractivity (Wildman–Crippen MR) is 130 cm³/mol. The summed E-state index contributed by atoms with van der Waals surface area (Å²) < 4.78 is 35.7. The van der Waals surface area contributed by atoms with Crippen molar-refractivity contribution in [1.82, 2.24) is 28.8 Å². The van der Waals surface area contributed by atoms with Crippen molar-refractivity contribution in [2.24, 2.45) is 0 Å². The van der Waals surface area contributed by atoms with Gasteiger partial charge in [-0.3, -0.25) is 4.79 Å². The van der Waals surface area contributed by atoms with E-state index in [1.54, 1.807) is 29.6 Å². The molecule has 3 aromatic rings. The van der Waals surface area contributed by atoms with E-state index in [-0.39, 0.29) is 28.7 Å². The lowest BCUT2D eigenvalue weighted by Gasteiger charge is -2.33. The number of benzene rings is 1. The van der Waals surface area contributed by atoms with E-state index in [4.69, 9.17) is 4.74 Å². The molecule has 1 aromatic carbocycles. The molecule has 0 unspecified atom stereocenters. The Hall–Kier alpha value is -2.47. The molecule has 0 amide bonds. The van der Waals surface area contributed by atoms with Crippen molar-refractivity contribution in [3.8, 4) is 17.1 Å². The lowest BCUT2D eigenvalue weighted by atomic mass is 10.2. The van der Waals surface area contributed by atoms with Gasteiger partial charge in [-0.1, -0.05) is 13.8 Å². The van der Waals surface area contributed by atoms with E-state index >= 15 is 0 Å². The Bertz CT molecular complexity index is 1350. The first-order valence-electron chi connectivity index (χ1n) is 11.8. The van der Waals surface area contributed by atoms with Gasteiger partial charge >= 0.3 is 0 Å². The Morgan fingerprint density at radius 2 is 1.83 bits per heavy atom. The fraction of sp³-hybridized carbons (Fsp3) is 0.522. The molecule has 1 fully saturated rings. The zero-order chi connectivity index (χ0) is 24.5. The number of likely N-dealkylation sites (N-methyl/N-ethyl adjacent to an activating group) is 1. The minimum Gasteiger partial charge on any atom is -1.00 e. The number of rotatable bonds is 8. The number of fused-ring (bicyclic) bond motifs is 1. The first-order valence-corrected chi connectivity index (χ1v) is 13.2. The Labute approximate surface area is 211 Å². The number of aromatic amines is 1. The summed E-state index contributed by atoms with van der Waals surface area (Å²) in [6.45, 7) is 11.3. The molecule has 0 spiro atoms. The third kappa shape index (κ3) is 5.23. The van der Waals surface area contributed by atoms with Crippen LogP contribution < -0.4 is 22.7 Å². The minimum absolute atomic E-state index is 0. The topological polar surface area (TPSA) is 113 Å². The molecule has 3 heterocycles. The number of piperazine rings is 1. The molecule has 0 aliphatic carbocycles. The van der Waals surface area contributed by atoms with Crippen LogP contribution in [-0.2, 0) is 16.4 Å². The van der Waals surface area contributed by atoms with Crippen molar-refractivity contribution in [2.45, 2.75) is 45.4 Å². The number of hydrogen-bond acceptors (Lipinski definition) is 7. The van der Waals surface area contributed by atoms with Crippen LogP contribution in [0.1, 0.15) is 38.7 Å². The van der Waals surface area contributed by atoms with Crippen LogP contribution in [-0.4, -0.2) is 76.5 Å². The predicted octanol–water partition coefficient (Wildman–Crippen LogP) is -0.926. The van der Waals surface area contributed by atoms with Crippen LogP contribution in [0.2, 0.25) is 0 Å². The van der Waals surface area contributed by atoms with Gasteiger partial charge in [0.1, 0.15) is 11.6 Å². The van der Waals surface area contributed by atoms with Crippen LogP contribution in [0.15, 0.2) is 27.9 Å². The molecular formula is C23H32ClN6O4S-. The van der Waals surface area contributed by atoms with E-state index in [0.29, 0.717) is 67.6 Å². The highest BCUT2D eigenvalue weighted by molar-refractivity contribution is 7.89. The number of H-pyrrole nitrogens is 1. The molecule has 0 radical (unpaired) electrons. The van der Waals surface area contributed by atoms with Gasteiger partial charge < -0.3 is 27.0 Å². The average Bonchev–Trinajstić information content (AvgIpc) is 3.15. The third-order valence-electron chi connectivity index (χ3n) is 6.14. The summed E-state index contributed by atoms with van der Waals surface area (Å²) in [5.74, 6) is 1.38. The molecule has 192 valence electrons. The van der Waals surface area contributed by atoms with Gasteiger partial charge in [0.15, 0.2) is 11.3 Å². The summed E-state index contributed by atoms with van der Waals surface area (Å²) in [6, 6.07) is 4.72. The highest BCUT2D eigenvalue weighted by Gasteiger charge is 2.29. The molecule has 12 heteroatoms. The van der Waals surface area contributed by atoms with Crippen LogP contribution in [0.4, 0.5) is 0 Å². The molecule has 0 saturated carbocycles. The molecule has 4 rings (SSSR count). The van der Waals surface area contributed by atoms with Crippen LogP contribution in [0.5, 0.6) is 5.75 Å². The second-order valence-corrected chi connectivity index (χ2v) is 10.3. The third-order valence-corrected chi connectivity index (χ3v) is 8.03. The Kier molecular flexibility index (Phi) is 8.58. The van der Waals surface area contributed by atoms with E-state index in [2.05, 4.69) is 26.9 Å². The van der Waals surface area contributed by atoms with Crippen molar-refractivity contribution < 1.29 is 25.6 Å². The summed E-state index contributed by atoms with van der Waals surface area (Å²) in [5.41, 5.74) is 1.09. The monoisotopic (exact) mass is 523 g/mol. The van der Waals surface area contributed by atoms with E-state index < -0.39 is 10.0 Å². The molecule has 2 aromatic heterocycles. The number of halogens is 1. The molecule has 10 nitrogen and oxygen atoms in total. The number of nitrogens with zero attached hydrogens (tertiary/aromatic N) is 5. The Morgan fingerprint density at radius 3 is 2.46 bits per heavy atom. The molecule has 1 N–H and O–H groups in total. The Balaban J connectivity index is 0.00000342. The fourth-order valence-corrected chi connectivity index (χ4v) is 5.76. The first kappa shape index (κ1) is 27.1. The summed E-state index contributed by atoms with van der Waals surface area (Å²) in [6.07, 6.45) is 1.52. The van der Waals surface area contributed by atoms with E-state index in [9.17, 15) is 13.2 Å². The number of aromatic nitrogens is 4. The maximum absolute atomic E-state index is 13.4. The van der Waals surface area contributed by atoms with Gasteiger partial charge in [-0.2, -0.15) is 4.31 Å². The molecule has 1 saturated heterocycles. The van der Waals surface area contributed by atoms with Crippen LogP contribution >= 0.6 is 0 Å². The Morgan fingerprint density at radius 1 is 1.11 bits per heavy atom. The van der Waals surface area contributed by atoms with Gasteiger partial charge in [0.2, 0.25) is 10.0 Å². The van der Waals surface area contributed by atoms with E-state index in [1.807, 2.05) is 13.8 Å². The van der Waals surface area contributed by atoms with Crippen molar-refractivity contribution in [1.29, 1.82) is 0 Å². The van der Waals surface area contributed by atoms with Gasteiger partial charge in [-0.25, -0.2) is 17.9 Å². The number of hydrogen-bond donors (Lipinski definition) is 1. The highest BCUT2D eigenvalue weighted by atomic mass is 35.5. The minimum atomic E-state index is -3.71. The zero-order valence-electron chi connectivity index (χ0n) is 20.5. The standard InChI is InChI=1S/C23H32N6O4S.ClH/c1-5-8-20-24-16(4)21-23(30)25-22(26-29(20)21)18-15-17(9-10-19(18)33-7-3)34(31,32)28-13-11-27(6-2)12-14-28;/h9-10,15H,5-8,11-14H2,1-4H3,(H,25,26,30);1H/p-1. The summed E-state index contributed by atoms with van der Waals surface area (Å²) in [7, 11) is -3.71. The lowest BCUT2D eigenvalue weighted by Crippen LogP contribution is -3.00. The van der Waals surface area contributed by atoms with E-state index in [0.717, 1.165) is 13.0 Å². The lowest BCUT2D eigenvalue weighted by molar-refractivity contribution is -0.0000106.